The topological polar surface area (TPSA) is 29.1 Å². The molecular formula is C11H14FNO. The summed E-state index contributed by atoms with van der Waals surface area (Å²) in [6.07, 6.45) is 0. The fraction of sp³-hybridized carbons (Fsp3) is 0.364. The first-order chi connectivity index (χ1) is 6.41. The monoisotopic (exact) mass is 195 g/mol. The molecular weight excluding hydrogens is 181 g/mol. The van der Waals surface area contributed by atoms with Gasteiger partial charge >= 0.3 is 0 Å². The average molecular weight is 195 g/mol. The number of hydrogen-bond acceptors (Lipinski definition) is 1. The molecule has 0 aliphatic carbocycles. The zero-order valence-corrected chi connectivity index (χ0v) is 8.60. The van der Waals surface area contributed by atoms with Crippen molar-refractivity contribution in [1.82, 2.24) is 0 Å². The van der Waals surface area contributed by atoms with Gasteiger partial charge in [-0.25, -0.2) is 4.39 Å². The molecule has 0 fully saturated rings. The van der Waals surface area contributed by atoms with Crippen LogP contribution in [0.3, 0.4) is 0 Å². The van der Waals surface area contributed by atoms with Gasteiger partial charge < -0.3 is 5.32 Å². The van der Waals surface area contributed by atoms with Gasteiger partial charge in [0.1, 0.15) is 5.82 Å². The lowest BCUT2D eigenvalue weighted by Gasteiger charge is -2.17. The zero-order chi connectivity index (χ0) is 10.8. The Hall–Kier alpha value is -1.38. The van der Waals surface area contributed by atoms with Crippen LogP contribution in [-0.2, 0) is 4.79 Å². The Kier molecular flexibility index (Phi) is 2.89. The Morgan fingerprint density at radius 1 is 1.29 bits per heavy atom. The first-order valence-corrected chi connectivity index (χ1v) is 4.47. The molecule has 0 unspecified atom stereocenters. The highest BCUT2D eigenvalue weighted by atomic mass is 19.1. The van der Waals surface area contributed by atoms with E-state index >= 15 is 0 Å². The summed E-state index contributed by atoms with van der Waals surface area (Å²) in [7, 11) is 0. The summed E-state index contributed by atoms with van der Waals surface area (Å²) in [5.74, 6) is -0.604. The van der Waals surface area contributed by atoms with E-state index in [2.05, 4.69) is 5.32 Å². The van der Waals surface area contributed by atoms with Crippen LogP contribution < -0.4 is 5.32 Å². The van der Waals surface area contributed by atoms with E-state index in [-0.39, 0.29) is 11.6 Å². The molecule has 0 aliphatic heterocycles. The molecule has 1 rings (SSSR count). The Bertz CT molecular complexity index is 341. The average Bonchev–Trinajstić information content (AvgIpc) is 2.07. The summed E-state index contributed by atoms with van der Waals surface area (Å²) in [6.45, 7) is 5.34. The molecule has 3 heteroatoms. The maximum absolute atomic E-state index is 13.1. The highest BCUT2D eigenvalue weighted by Crippen LogP contribution is 2.18. The van der Waals surface area contributed by atoms with Gasteiger partial charge in [0.2, 0.25) is 5.91 Å². The zero-order valence-electron chi connectivity index (χ0n) is 8.60. The van der Waals surface area contributed by atoms with E-state index in [4.69, 9.17) is 0 Å². The first-order valence-electron chi connectivity index (χ1n) is 4.47. The minimum Gasteiger partial charge on any atom is -0.323 e. The molecule has 14 heavy (non-hydrogen) atoms. The number of carbonyl (C=O) groups excluding carboxylic acids is 1. The highest BCUT2D eigenvalue weighted by molar-refractivity contribution is 5.94. The van der Waals surface area contributed by atoms with Crippen molar-refractivity contribution in [2.24, 2.45) is 5.41 Å². The predicted molar refractivity (Wildman–Crippen MR) is 54.5 cm³/mol. The molecule has 0 radical (unpaired) electrons. The van der Waals surface area contributed by atoms with Crippen LogP contribution in [0.15, 0.2) is 24.3 Å². The molecule has 1 aromatic carbocycles. The van der Waals surface area contributed by atoms with Crippen LogP contribution in [0, 0.1) is 11.2 Å². The number of amides is 1. The van der Waals surface area contributed by atoms with Gasteiger partial charge in [0, 0.05) is 5.41 Å². The number of rotatable bonds is 1. The van der Waals surface area contributed by atoms with Gasteiger partial charge in [-0.05, 0) is 12.1 Å². The van der Waals surface area contributed by atoms with Gasteiger partial charge in [-0.15, -0.1) is 0 Å². The molecule has 0 atom stereocenters. The Balaban J connectivity index is 2.80. The summed E-state index contributed by atoms with van der Waals surface area (Å²) in [5.41, 5.74) is -0.283. The minimum absolute atomic E-state index is 0.192. The van der Waals surface area contributed by atoms with Gasteiger partial charge in [0.25, 0.3) is 0 Å². The lowest BCUT2D eigenvalue weighted by Crippen LogP contribution is -2.27. The highest BCUT2D eigenvalue weighted by Gasteiger charge is 2.21. The smallest absolute Gasteiger partial charge is 0.229 e. The van der Waals surface area contributed by atoms with E-state index in [0.717, 1.165) is 0 Å². The second kappa shape index (κ2) is 3.78. The van der Waals surface area contributed by atoms with Crippen LogP contribution >= 0.6 is 0 Å². The van der Waals surface area contributed by atoms with Crippen LogP contribution in [-0.4, -0.2) is 5.91 Å². The molecule has 1 aromatic rings. The quantitative estimate of drug-likeness (QED) is 0.733. The second-order valence-corrected chi connectivity index (χ2v) is 4.18. The minimum atomic E-state index is -0.512. The first kappa shape index (κ1) is 10.7. The summed E-state index contributed by atoms with van der Waals surface area (Å²) >= 11 is 0. The third-order valence-corrected chi connectivity index (χ3v) is 1.80. The van der Waals surface area contributed by atoms with Gasteiger partial charge in [0.15, 0.2) is 0 Å². The molecule has 1 amide bonds. The fourth-order valence-corrected chi connectivity index (χ4v) is 0.872. The van der Waals surface area contributed by atoms with E-state index in [9.17, 15) is 9.18 Å². The largest absolute Gasteiger partial charge is 0.323 e. The molecule has 76 valence electrons. The lowest BCUT2D eigenvalue weighted by atomic mass is 9.95. The molecule has 1 N–H and O–H groups in total. The van der Waals surface area contributed by atoms with Crippen LogP contribution in [0.25, 0.3) is 0 Å². The predicted octanol–water partition coefficient (Wildman–Crippen LogP) is 2.81. The molecule has 0 aromatic heterocycles. The van der Waals surface area contributed by atoms with Crippen molar-refractivity contribution in [2.45, 2.75) is 20.8 Å². The van der Waals surface area contributed by atoms with E-state index in [1.807, 2.05) is 0 Å². The van der Waals surface area contributed by atoms with Gasteiger partial charge in [-0.3, -0.25) is 4.79 Å². The van der Waals surface area contributed by atoms with E-state index in [0.29, 0.717) is 0 Å². The molecule has 0 bridgehead atoms. The third kappa shape index (κ3) is 2.55. The standard InChI is InChI=1S/C11H14FNO/c1-11(2,3)10(14)13-9-7-5-4-6-8(9)12/h4-7H,1-3H3,(H,13,14). The van der Waals surface area contributed by atoms with Gasteiger partial charge in [-0.2, -0.15) is 0 Å². The Morgan fingerprint density at radius 3 is 2.36 bits per heavy atom. The van der Waals surface area contributed by atoms with Crippen LogP contribution in [0.5, 0.6) is 0 Å². The van der Waals surface area contributed by atoms with Crippen LogP contribution in [0.1, 0.15) is 20.8 Å². The van der Waals surface area contributed by atoms with E-state index in [1.54, 1.807) is 39.0 Å². The van der Waals surface area contributed by atoms with E-state index in [1.165, 1.54) is 6.07 Å². The molecule has 0 saturated carbocycles. The van der Waals surface area contributed by atoms with Crippen molar-refractivity contribution >= 4 is 11.6 Å². The molecule has 2 nitrogen and oxygen atoms in total. The van der Waals surface area contributed by atoms with Crippen molar-refractivity contribution in [2.75, 3.05) is 5.32 Å². The number of benzene rings is 1. The number of carbonyl (C=O) groups is 1. The van der Waals surface area contributed by atoms with Crippen molar-refractivity contribution < 1.29 is 9.18 Å². The molecule has 0 heterocycles. The van der Waals surface area contributed by atoms with Crippen molar-refractivity contribution in [3.8, 4) is 0 Å². The lowest BCUT2D eigenvalue weighted by molar-refractivity contribution is -0.123. The van der Waals surface area contributed by atoms with Crippen LogP contribution in [0.2, 0.25) is 0 Å². The number of anilines is 1. The number of nitrogens with one attached hydrogen (secondary N) is 1. The Morgan fingerprint density at radius 2 is 1.86 bits per heavy atom. The maximum atomic E-state index is 13.1. The number of hydrogen-bond donors (Lipinski definition) is 1. The fourth-order valence-electron chi connectivity index (χ4n) is 0.872. The Labute approximate surface area is 83.1 Å². The van der Waals surface area contributed by atoms with Crippen molar-refractivity contribution in [3.63, 3.8) is 0 Å². The molecule has 0 saturated heterocycles. The van der Waals surface area contributed by atoms with Crippen molar-refractivity contribution in [1.29, 1.82) is 0 Å². The summed E-state index contributed by atoms with van der Waals surface area (Å²) < 4.78 is 13.1. The molecule has 0 aliphatic rings. The maximum Gasteiger partial charge on any atom is 0.229 e. The van der Waals surface area contributed by atoms with Gasteiger partial charge in [0.05, 0.1) is 5.69 Å². The van der Waals surface area contributed by atoms with Crippen molar-refractivity contribution in [3.05, 3.63) is 30.1 Å². The summed E-state index contributed by atoms with van der Waals surface area (Å²) in [6, 6.07) is 6.13. The second-order valence-electron chi connectivity index (χ2n) is 4.18. The number of para-hydroxylation sites is 1. The SMILES string of the molecule is CC(C)(C)C(=O)Nc1ccccc1F. The van der Waals surface area contributed by atoms with Gasteiger partial charge in [-0.1, -0.05) is 32.9 Å². The summed E-state index contributed by atoms with van der Waals surface area (Å²) in [4.78, 5) is 11.5. The van der Waals surface area contributed by atoms with E-state index < -0.39 is 11.2 Å². The third-order valence-electron chi connectivity index (χ3n) is 1.80. The summed E-state index contributed by atoms with van der Waals surface area (Å²) in [5, 5.41) is 2.54. The number of halogens is 1. The van der Waals surface area contributed by atoms with Crippen LogP contribution in [0.4, 0.5) is 10.1 Å². The molecule has 0 spiro atoms. The normalized spacial score (nSPS) is 11.1.